The van der Waals surface area contributed by atoms with Crippen LogP contribution >= 0.6 is 11.8 Å². The van der Waals surface area contributed by atoms with E-state index in [1.165, 1.54) is 48.7 Å². The van der Waals surface area contributed by atoms with Crippen molar-refractivity contribution in [2.24, 2.45) is 5.92 Å². The lowest BCUT2D eigenvalue weighted by Crippen LogP contribution is -2.47. The molecular weight excluding hydrogens is 288 g/mol. The van der Waals surface area contributed by atoms with Crippen molar-refractivity contribution in [1.29, 1.82) is 0 Å². The summed E-state index contributed by atoms with van der Waals surface area (Å²) in [5, 5.41) is 0. The third-order valence-electron chi connectivity index (χ3n) is 4.98. The van der Waals surface area contributed by atoms with Gasteiger partial charge in [-0.15, -0.1) is 0 Å². The highest BCUT2D eigenvalue weighted by molar-refractivity contribution is 7.99. The molecule has 0 amide bonds. The van der Waals surface area contributed by atoms with E-state index in [0.29, 0.717) is 0 Å². The molecule has 2 aliphatic rings. The Bertz CT molecular complexity index is 629. The average Bonchev–Trinajstić information content (AvgIpc) is 2.98. The van der Waals surface area contributed by atoms with Gasteiger partial charge in [-0.3, -0.25) is 0 Å². The smallest absolute Gasteiger partial charge is 0.0296 e. The molecule has 3 heteroatoms. The molecular formula is C19H24N2S. The van der Waals surface area contributed by atoms with Gasteiger partial charge in [0.15, 0.2) is 0 Å². The summed E-state index contributed by atoms with van der Waals surface area (Å²) in [6, 6.07) is 9.28. The topological polar surface area (TPSA) is 19.0 Å². The lowest BCUT2D eigenvalue weighted by atomic mass is 9.82. The summed E-state index contributed by atoms with van der Waals surface area (Å²) in [5.41, 5.74) is 3.20. The van der Waals surface area contributed by atoms with Crippen molar-refractivity contribution >= 4 is 11.8 Å². The predicted molar refractivity (Wildman–Crippen MR) is 92.6 cm³/mol. The van der Waals surface area contributed by atoms with Crippen molar-refractivity contribution in [3.63, 3.8) is 0 Å². The zero-order valence-corrected chi connectivity index (χ0v) is 14.0. The van der Waals surface area contributed by atoms with Gasteiger partial charge in [0.25, 0.3) is 0 Å². The van der Waals surface area contributed by atoms with Crippen LogP contribution in [0, 0.1) is 5.92 Å². The SMILES string of the molecule is CC1CN(C[C@@H]2CCCc3cc(Sc4cc[nH]c4)ccc32)C1. The molecule has 1 aliphatic heterocycles. The number of nitrogens with zero attached hydrogens (tertiary/aromatic N) is 1. The molecule has 2 nitrogen and oxygen atoms in total. The summed E-state index contributed by atoms with van der Waals surface area (Å²) in [6.45, 7) is 6.22. The maximum Gasteiger partial charge on any atom is 0.0296 e. The Morgan fingerprint density at radius 2 is 2.14 bits per heavy atom. The first-order chi connectivity index (χ1) is 10.8. The lowest BCUT2D eigenvalue weighted by molar-refractivity contribution is 0.102. The molecule has 4 rings (SSSR count). The highest BCUT2D eigenvalue weighted by Crippen LogP contribution is 2.37. The maximum atomic E-state index is 3.13. The minimum atomic E-state index is 0.752. The molecule has 1 atom stereocenters. The van der Waals surface area contributed by atoms with Gasteiger partial charge in [0.2, 0.25) is 0 Å². The van der Waals surface area contributed by atoms with Crippen LogP contribution in [0.2, 0.25) is 0 Å². The number of fused-ring (bicyclic) bond motifs is 1. The predicted octanol–water partition coefficient (Wildman–Crippen LogP) is 4.54. The highest BCUT2D eigenvalue weighted by atomic mass is 32.2. The molecule has 2 heterocycles. The van der Waals surface area contributed by atoms with Crippen LogP contribution in [-0.4, -0.2) is 29.5 Å². The lowest BCUT2D eigenvalue weighted by Gasteiger charge is -2.40. The molecule has 0 saturated carbocycles. The van der Waals surface area contributed by atoms with E-state index in [9.17, 15) is 0 Å². The van der Waals surface area contributed by atoms with Crippen molar-refractivity contribution in [2.45, 2.75) is 41.9 Å². The van der Waals surface area contributed by atoms with Crippen molar-refractivity contribution in [1.82, 2.24) is 9.88 Å². The number of aromatic amines is 1. The van der Waals surface area contributed by atoms with E-state index in [-0.39, 0.29) is 0 Å². The number of aromatic nitrogens is 1. The number of aryl methyl sites for hydroxylation is 1. The Morgan fingerprint density at radius 3 is 2.91 bits per heavy atom. The summed E-state index contributed by atoms with van der Waals surface area (Å²) in [7, 11) is 0. The zero-order chi connectivity index (χ0) is 14.9. The second-order valence-electron chi connectivity index (χ2n) is 6.92. The Hall–Kier alpha value is -1.19. The monoisotopic (exact) mass is 312 g/mol. The van der Waals surface area contributed by atoms with Crippen LogP contribution in [0.15, 0.2) is 46.5 Å². The van der Waals surface area contributed by atoms with E-state index >= 15 is 0 Å². The van der Waals surface area contributed by atoms with E-state index in [1.54, 1.807) is 11.1 Å². The van der Waals surface area contributed by atoms with Gasteiger partial charge in [-0.2, -0.15) is 0 Å². The fourth-order valence-corrected chi connectivity index (χ4v) is 4.81. The number of hydrogen-bond acceptors (Lipinski definition) is 2. The van der Waals surface area contributed by atoms with E-state index in [1.807, 2.05) is 18.0 Å². The molecule has 0 unspecified atom stereocenters. The van der Waals surface area contributed by atoms with Crippen molar-refractivity contribution < 1.29 is 0 Å². The summed E-state index contributed by atoms with van der Waals surface area (Å²) in [4.78, 5) is 8.43. The quantitative estimate of drug-likeness (QED) is 0.894. The summed E-state index contributed by atoms with van der Waals surface area (Å²) >= 11 is 1.86. The van der Waals surface area contributed by atoms with Crippen LogP contribution in [0.5, 0.6) is 0 Å². The molecule has 116 valence electrons. The van der Waals surface area contributed by atoms with Gasteiger partial charge in [0, 0.05) is 41.8 Å². The van der Waals surface area contributed by atoms with Crippen LogP contribution < -0.4 is 0 Å². The number of rotatable bonds is 4. The molecule has 1 fully saturated rings. The third-order valence-corrected chi connectivity index (χ3v) is 5.96. The maximum absolute atomic E-state index is 3.13. The first-order valence-corrected chi connectivity index (χ1v) is 9.25. The van der Waals surface area contributed by atoms with Crippen LogP contribution in [0.1, 0.15) is 36.8 Å². The van der Waals surface area contributed by atoms with Gasteiger partial charge in [0.05, 0.1) is 0 Å². The fraction of sp³-hybridized carbons (Fsp3) is 0.474. The first kappa shape index (κ1) is 14.4. The summed E-state index contributed by atoms with van der Waals surface area (Å²) in [6.07, 6.45) is 8.02. The van der Waals surface area contributed by atoms with Gasteiger partial charge in [0.1, 0.15) is 0 Å². The molecule has 1 aromatic carbocycles. The van der Waals surface area contributed by atoms with Gasteiger partial charge >= 0.3 is 0 Å². The number of likely N-dealkylation sites (tertiary alicyclic amines) is 1. The van der Waals surface area contributed by atoms with Crippen LogP contribution in [0.4, 0.5) is 0 Å². The molecule has 0 radical (unpaired) electrons. The standard InChI is InChI=1S/C19H24N2S/c1-14-11-21(12-14)13-16-4-2-3-15-9-17(5-6-19(15)16)22-18-7-8-20-10-18/h5-10,14,16,20H,2-4,11-13H2,1H3/t16-/m0/s1. The third kappa shape index (κ3) is 2.97. The number of H-pyrrole nitrogens is 1. The van der Waals surface area contributed by atoms with E-state index in [2.05, 4.69) is 47.3 Å². The Balaban J connectivity index is 1.49. The second-order valence-corrected chi connectivity index (χ2v) is 8.07. The summed E-state index contributed by atoms with van der Waals surface area (Å²) < 4.78 is 0. The zero-order valence-electron chi connectivity index (χ0n) is 13.2. The largest absolute Gasteiger partial charge is 0.367 e. The average molecular weight is 312 g/mol. The van der Waals surface area contributed by atoms with Crippen molar-refractivity contribution in [3.05, 3.63) is 47.8 Å². The highest BCUT2D eigenvalue weighted by Gasteiger charge is 2.28. The molecule has 0 bridgehead atoms. The molecule has 1 aromatic heterocycles. The van der Waals surface area contributed by atoms with Gasteiger partial charge in [-0.05, 0) is 60.4 Å². The van der Waals surface area contributed by atoms with Gasteiger partial charge < -0.3 is 9.88 Å². The summed E-state index contributed by atoms with van der Waals surface area (Å²) in [5.74, 6) is 1.66. The fourth-order valence-electron chi connectivity index (χ4n) is 3.94. The molecule has 1 aliphatic carbocycles. The Morgan fingerprint density at radius 1 is 1.23 bits per heavy atom. The molecule has 2 aromatic rings. The molecule has 22 heavy (non-hydrogen) atoms. The Kier molecular flexibility index (Phi) is 4.01. The molecule has 1 saturated heterocycles. The minimum absolute atomic E-state index is 0.752. The van der Waals surface area contributed by atoms with Crippen LogP contribution in [0.3, 0.4) is 0 Å². The number of hydrogen-bond donors (Lipinski definition) is 1. The van der Waals surface area contributed by atoms with E-state index < -0.39 is 0 Å². The normalized spacial score (nSPS) is 22.3. The van der Waals surface area contributed by atoms with Crippen LogP contribution in [-0.2, 0) is 6.42 Å². The van der Waals surface area contributed by atoms with Crippen molar-refractivity contribution in [2.75, 3.05) is 19.6 Å². The van der Waals surface area contributed by atoms with Gasteiger partial charge in [-0.1, -0.05) is 24.8 Å². The number of nitrogens with one attached hydrogen (secondary N) is 1. The van der Waals surface area contributed by atoms with Crippen LogP contribution in [0.25, 0.3) is 0 Å². The minimum Gasteiger partial charge on any atom is -0.367 e. The molecule has 1 N–H and O–H groups in total. The van der Waals surface area contributed by atoms with Gasteiger partial charge in [-0.25, -0.2) is 0 Å². The van der Waals surface area contributed by atoms with Crippen molar-refractivity contribution in [3.8, 4) is 0 Å². The number of benzene rings is 1. The molecule has 0 spiro atoms. The second kappa shape index (κ2) is 6.13. The van der Waals surface area contributed by atoms with E-state index in [0.717, 1.165) is 11.8 Å². The Labute approximate surface area is 137 Å². The first-order valence-electron chi connectivity index (χ1n) is 8.44. The van der Waals surface area contributed by atoms with E-state index in [4.69, 9.17) is 0 Å².